The van der Waals surface area contributed by atoms with Crippen LogP contribution in [-0.2, 0) is 14.6 Å². The van der Waals surface area contributed by atoms with Gasteiger partial charge < -0.3 is 0 Å². The van der Waals surface area contributed by atoms with Crippen LogP contribution in [0.3, 0.4) is 0 Å². The predicted molar refractivity (Wildman–Crippen MR) is 69.3 cm³/mol. The molecule has 1 atom stereocenters. The Hall–Kier alpha value is -0.130. The molecule has 0 bridgehead atoms. The molecule has 0 fully saturated rings. The summed E-state index contributed by atoms with van der Waals surface area (Å²) in [5, 5.41) is 0. The van der Waals surface area contributed by atoms with Gasteiger partial charge in [0.25, 0.3) is 0 Å². The average molecular weight is 266 g/mol. The van der Waals surface area contributed by atoms with E-state index in [0.29, 0.717) is 12.8 Å². The van der Waals surface area contributed by atoms with E-state index >= 15 is 0 Å². The molecule has 0 saturated heterocycles. The van der Waals surface area contributed by atoms with Crippen LogP contribution in [0.25, 0.3) is 0 Å². The SMILES string of the molecule is CCCCCCCCCC(CC)OS(=O)(=O)O. The Balaban J connectivity index is 3.50. The van der Waals surface area contributed by atoms with Gasteiger partial charge >= 0.3 is 10.4 Å². The molecule has 0 aliphatic heterocycles. The zero-order valence-corrected chi connectivity index (χ0v) is 11.8. The summed E-state index contributed by atoms with van der Waals surface area (Å²) in [5.74, 6) is 0. The van der Waals surface area contributed by atoms with Crippen molar-refractivity contribution in [3.63, 3.8) is 0 Å². The van der Waals surface area contributed by atoms with E-state index in [4.69, 9.17) is 4.55 Å². The molecule has 0 heterocycles. The van der Waals surface area contributed by atoms with E-state index < -0.39 is 10.4 Å². The highest BCUT2D eigenvalue weighted by molar-refractivity contribution is 7.80. The number of hydrogen-bond donors (Lipinski definition) is 1. The monoisotopic (exact) mass is 266 g/mol. The van der Waals surface area contributed by atoms with Gasteiger partial charge in [-0.25, -0.2) is 4.18 Å². The van der Waals surface area contributed by atoms with Crippen molar-refractivity contribution in [1.29, 1.82) is 0 Å². The summed E-state index contributed by atoms with van der Waals surface area (Å²) in [4.78, 5) is 0. The highest BCUT2D eigenvalue weighted by Gasteiger charge is 2.14. The van der Waals surface area contributed by atoms with E-state index in [-0.39, 0.29) is 6.10 Å². The van der Waals surface area contributed by atoms with Gasteiger partial charge in [0, 0.05) is 0 Å². The Bertz CT molecular complexity index is 262. The Morgan fingerprint density at radius 2 is 1.53 bits per heavy atom. The quantitative estimate of drug-likeness (QED) is 0.457. The normalized spacial score (nSPS) is 13.8. The minimum atomic E-state index is -4.29. The van der Waals surface area contributed by atoms with Crippen molar-refractivity contribution in [2.45, 2.75) is 77.7 Å². The summed E-state index contributed by atoms with van der Waals surface area (Å²) in [6, 6.07) is 0. The van der Waals surface area contributed by atoms with E-state index in [9.17, 15) is 8.42 Å². The van der Waals surface area contributed by atoms with Gasteiger partial charge in [-0.3, -0.25) is 4.55 Å². The molecular formula is C12H26O4S. The van der Waals surface area contributed by atoms with Gasteiger partial charge in [-0.05, 0) is 12.8 Å². The fraction of sp³-hybridized carbons (Fsp3) is 1.00. The lowest BCUT2D eigenvalue weighted by atomic mass is 10.1. The molecule has 0 aromatic heterocycles. The maximum absolute atomic E-state index is 10.5. The Kier molecular flexibility index (Phi) is 9.78. The van der Waals surface area contributed by atoms with Crippen LogP contribution >= 0.6 is 0 Å². The third-order valence-electron chi connectivity index (χ3n) is 2.84. The highest BCUT2D eigenvalue weighted by Crippen LogP contribution is 2.14. The maximum atomic E-state index is 10.5. The van der Waals surface area contributed by atoms with Gasteiger partial charge in [0.1, 0.15) is 0 Å². The van der Waals surface area contributed by atoms with Crippen LogP contribution in [0.1, 0.15) is 71.6 Å². The first-order valence-electron chi connectivity index (χ1n) is 6.65. The Morgan fingerprint density at radius 1 is 1.00 bits per heavy atom. The summed E-state index contributed by atoms with van der Waals surface area (Å²) >= 11 is 0. The molecule has 1 unspecified atom stereocenters. The van der Waals surface area contributed by atoms with Crippen molar-refractivity contribution in [1.82, 2.24) is 0 Å². The first-order chi connectivity index (χ1) is 7.99. The van der Waals surface area contributed by atoms with E-state index in [0.717, 1.165) is 12.8 Å². The summed E-state index contributed by atoms with van der Waals surface area (Å²) in [5.41, 5.74) is 0. The molecule has 0 aromatic carbocycles. The standard InChI is InChI=1S/C12H26O4S/c1-3-5-6-7-8-9-10-11-12(4-2)16-17(13,14)15/h12H,3-11H2,1-2H3,(H,13,14,15). The molecule has 1 N–H and O–H groups in total. The first kappa shape index (κ1) is 16.9. The largest absolute Gasteiger partial charge is 0.397 e. The van der Waals surface area contributed by atoms with Gasteiger partial charge in [-0.1, -0.05) is 58.8 Å². The van der Waals surface area contributed by atoms with Crippen LogP contribution in [0.2, 0.25) is 0 Å². The van der Waals surface area contributed by atoms with Crippen LogP contribution < -0.4 is 0 Å². The second kappa shape index (κ2) is 9.85. The predicted octanol–water partition coefficient (Wildman–Crippen LogP) is 3.73. The lowest BCUT2D eigenvalue weighted by Gasteiger charge is -2.12. The van der Waals surface area contributed by atoms with Crippen LogP contribution in [0.5, 0.6) is 0 Å². The molecule has 0 aliphatic carbocycles. The molecule has 104 valence electrons. The molecular weight excluding hydrogens is 240 g/mol. The fourth-order valence-corrected chi connectivity index (χ4v) is 2.40. The van der Waals surface area contributed by atoms with Crippen molar-refractivity contribution in [2.75, 3.05) is 0 Å². The second-order valence-corrected chi connectivity index (χ2v) is 5.51. The van der Waals surface area contributed by atoms with Crippen molar-refractivity contribution < 1.29 is 17.2 Å². The fourth-order valence-electron chi connectivity index (χ4n) is 1.82. The average Bonchev–Trinajstić information content (AvgIpc) is 2.24. The molecule has 0 aliphatic rings. The van der Waals surface area contributed by atoms with Crippen molar-refractivity contribution in [2.24, 2.45) is 0 Å². The third kappa shape index (κ3) is 12.1. The molecule has 0 amide bonds. The molecule has 0 spiro atoms. The topological polar surface area (TPSA) is 63.6 Å². The van der Waals surface area contributed by atoms with E-state index in [1.54, 1.807) is 0 Å². The van der Waals surface area contributed by atoms with Crippen molar-refractivity contribution >= 4 is 10.4 Å². The summed E-state index contributed by atoms with van der Waals surface area (Å²) in [7, 11) is -4.29. The number of unbranched alkanes of at least 4 members (excludes halogenated alkanes) is 6. The zero-order valence-electron chi connectivity index (χ0n) is 11.0. The highest BCUT2D eigenvalue weighted by atomic mass is 32.3. The van der Waals surface area contributed by atoms with Crippen LogP contribution in [0.4, 0.5) is 0 Å². The lowest BCUT2D eigenvalue weighted by molar-refractivity contribution is 0.165. The zero-order chi connectivity index (χ0) is 13.1. The van der Waals surface area contributed by atoms with Gasteiger partial charge in [-0.15, -0.1) is 0 Å². The minimum Gasteiger partial charge on any atom is -0.264 e. The van der Waals surface area contributed by atoms with Crippen LogP contribution in [0.15, 0.2) is 0 Å². The molecule has 0 rings (SSSR count). The van der Waals surface area contributed by atoms with Gasteiger partial charge in [0.15, 0.2) is 0 Å². The molecule has 0 radical (unpaired) electrons. The second-order valence-electron chi connectivity index (χ2n) is 4.46. The van der Waals surface area contributed by atoms with E-state index in [1.165, 1.54) is 32.1 Å². The molecule has 4 nitrogen and oxygen atoms in total. The summed E-state index contributed by atoms with van der Waals surface area (Å²) in [6.07, 6.45) is 9.28. The van der Waals surface area contributed by atoms with Crippen LogP contribution in [0, 0.1) is 0 Å². The molecule has 0 saturated carbocycles. The Morgan fingerprint density at radius 3 is 2.00 bits per heavy atom. The van der Waals surface area contributed by atoms with E-state index in [2.05, 4.69) is 11.1 Å². The summed E-state index contributed by atoms with van der Waals surface area (Å²) < 4.78 is 34.2. The third-order valence-corrected chi connectivity index (χ3v) is 3.36. The Labute approximate surface area is 106 Å². The molecule has 17 heavy (non-hydrogen) atoms. The van der Waals surface area contributed by atoms with Gasteiger partial charge in [0.05, 0.1) is 6.10 Å². The number of rotatable bonds is 11. The molecule has 0 aromatic rings. The number of hydrogen-bond acceptors (Lipinski definition) is 3. The maximum Gasteiger partial charge on any atom is 0.397 e. The van der Waals surface area contributed by atoms with Crippen LogP contribution in [-0.4, -0.2) is 19.1 Å². The first-order valence-corrected chi connectivity index (χ1v) is 8.01. The lowest BCUT2D eigenvalue weighted by Crippen LogP contribution is -2.16. The minimum absolute atomic E-state index is 0.374. The molecule has 5 heteroatoms. The van der Waals surface area contributed by atoms with Gasteiger partial charge in [0.2, 0.25) is 0 Å². The summed E-state index contributed by atoms with van der Waals surface area (Å²) in [6.45, 7) is 4.05. The van der Waals surface area contributed by atoms with Crippen molar-refractivity contribution in [3.8, 4) is 0 Å². The van der Waals surface area contributed by atoms with Gasteiger partial charge in [-0.2, -0.15) is 8.42 Å². The van der Waals surface area contributed by atoms with E-state index in [1.807, 2.05) is 6.92 Å². The van der Waals surface area contributed by atoms with Crippen molar-refractivity contribution in [3.05, 3.63) is 0 Å². The smallest absolute Gasteiger partial charge is 0.264 e.